The molecule has 0 fully saturated rings. The molecule has 9 nitrogen and oxygen atoms in total. The van der Waals surface area contributed by atoms with Gasteiger partial charge in [0.2, 0.25) is 10.0 Å². The second-order valence-corrected chi connectivity index (χ2v) is 8.34. The Kier molecular flexibility index (Phi) is 7.79. The Bertz CT molecular complexity index is 1040. The first kappa shape index (κ1) is 23.2. The summed E-state index contributed by atoms with van der Waals surface area (Å²) in [5.41, 5.74) is 3.61. The number of hydrogen-bond acceptors (Lipinski definition) is 7. The predicted octanol–water partition coefficient (Wildman–Crippen LogP) is 1.79. The fraction of sp³-hybridized carbons (Fsp3) is 0.300. The molecule has 0 saturated carbocycles. The fourth-order valence-corrected chi connectivity index (χ4v) is 3.83. The van der Waals surface area contributed by atoms with Gasteiger partial charge in [-0.15, -0.1) is 0 Å². The van der Waals surface area contributed by atoms with Crippen LogP contribution in [0.25, 0.3) is 0 Å². The van der Waals surface area contributed by atoms with Crippen LogP contribution in [0.4, 0.5) is 0 Å². The molecular formula is C20H25N3O6S. The van der Waals surface area contributed by atoms with Crippen LogP contribution < -0.4 is 19.6 Å². The summed E-state index contributed by atoms with van der Waals surface area (Å²) in [5.74, 6) is 1.13. The van der Waals surface area contributed by atoms with E-state index in [1.807, 2.05) is 0 Å². The molecule has 0 saturated heterocycles. The highest BCUT2D eigenvalue weighted by atomic mass is 32.2. The minimum atomic E-state index is -3.85. The minimum absolute atomic E-state index is 0.0718. The number of hydrogen-bond donors (Lipinski definition) is 1. The SMILES string of the molecule is COc1ccc(/C=N\NC(=O)CN(C)S(=O)(=O)c2ccc(OC)c(C)c2)c(OC)c1. The lowest BCUT2D eigenvalue weighted by atomic mass is 10.2. The minimum Gasteiger partial charge on any atom is -0.497 e. The van der Waals surface area contributed by atoms with E-state index in [2.05, 4.69) is 10.5 Å². The van der Waals surface area contributed by atoms with E-state index in [1.54, 1.807) is 38.3 Å². The average molecular weight is 436 g/mol. The fourth-order valence-electron chi connectivity index (χ4n) is 2.61. The van der Waals surface area contributed by atoms with Gasteiger partial charge in [-0.3, -0.25) is 4.79 Å². The van der Waals surface area contributed by atoms with E-state index in [0.717, 1.165) is 4.31 Å². The summed E-state index contributed by atoms with van der Waals surface area (Å²) in [6.07, 6.45) is 1.40. The molecule has 0 bridgehead atoms. The molecule has 1 N–H and O–H groups in total. The van der Waals surface area contributed by atoms with Crippen LogP contribution in [0, 0.1) is 6.92 Å². The number of ether oxygens (including phenoxy) is 3. The van der Waals surface area contributed by atoms with Crippen molar-refractivity contribution >= 4 is 22.1 Å². The lowest BCUT2D eigenvalue weighted by Gasteiger charge is -2.17. The van der Waals surface area contributed by atoms with Crippen LogP contribution in [0.1, 0.15) is 11.1 Å². The molecule has 162 valence electrons. The highest BCUT2D eigenvalue weighted by molar-refractivity contribution is 7.89. The number of benzene rings is 2. The molecule has 0 aliphatic rings. The van der Waals surface area contributed by atoms with Gasteiger partial charge >= 0.3 is 0 Å². The molecule has 2 rings (SSSR count). The van der Waals surface area contributed by atoms with Crippen molar-refractivity contribution in [2.75, 3.05) is 34.9 Å². The van der Waals surface area contributed by atoms with Crippen LogP contribution in [0.15, 0.2) is 46.4 Å². The van der Waals surface area contributed by atoms with Crippen molar-refractivity contribution in [2.24, 2.45) is 5.10 Å². The molecule has 0 aliphatic carbocycles. The number of likely N-dealkylation sites (N-methyl/N-ethyl adjacent to an activating group) is 1. The molecule has 2 aromatic carbocycles. The molecule has 0 heterocycles. The summed E-state index contributed by atoms with van der Waals surface area (Å²) in [4.78, 5) is 12.2. The smallest absolute Gasteiger partial charge is 0.255 e. The van der Waals surface area contributed by atoms with Crippen LogP contribution in [-0.2, 0) is 14.8 Å². The number of hydrazone groups is 1. The molecule has 10 heteroatoms. The Morgan fingerprint density at radius 2 is 1.77 bits per heavy atom. The number of nitrogens with one attached hydrogen (secondary N) is 1. The number of methoxy groups -OCH3 is 3. The summed E-state index contributed by atoms with van der Waals surface area (Å²) in [6.45, 7) is 1.34. The Labute approximate surface area is 176 Å². The number of sulfonamides is 1. The molecule has 0 atom stereocenters. The van der Waals surface area contributed by atoms with Crippen LogP contribution in [0.2, 0.25) is 0 Å². The first-order valence-corrected chi connectivity index (χ1v) is 10.3. The normalized spacial score (nSPS) is 11.5. The zero-order valence-corrected chi connectivity index (χ0v) is 18.3. The van der Waals surface area contributed by atoms with Crippen molar-refractivity contribution in [3.8, 4) is 17.2 Å². The third kappa shape index (κ3) is 5.49. The molecule has 2 aromatic rings. The first-order chi connectivity index (χ1) is 14.2. The number of carbonyl (C=O) groups excluding carboxylic acids is 1. The van der Waals surface area contributed by atoms with Crippen molar-refractivity contribution in [3.05, 3.63) is 47.5 Å². The van der Waals surface area contributed by atoms with Gasteiger partial charge in [0, 0.05) is 18.7 Å². The maximum absolute atomic E-state index is 12.7. The maximum atomic E-state index is 12.7. The predicted molar refractivity (Wildman–Crippen MR) is 113 cm³/mol. The standard InChI is InChI=1S/C20H25N3O6S/c1-14-10-17(8-9-18(14)28-4)30(25,26)23(2)13-20(24)22-21-12-15-6-7-16(27-3)11-19(15)29-5/h6-12H,13H2,1-5H3,(H,22,24)/b21-12-. The molecular weight excluding hydrogens is 410 g/mol. The third-order valence-electron chi connectivity index (χ3n) is 4.27. The molecule has 0 aliphatic heterocycles. The lowest BCUT2D eigenvalue weighted by molar-refractivity contribution is -0.121. The molecule has 0 unspecified atom stereocenters. The summed E-state index contributed by atoms with van der Waals surface area (Å²) in [5, 5.41) is 3.87. The van der Waals surface area contributed by atoms with Crippen molar-refractivity contribution in [1.82, 2.24) is 9.73 Å². The van der Waals surface area contributed by atoms with Gasteiger partial charge in [0.25, 0.3) is 5.91 Å². The first-order valence-electron chi connectivity index (χ1n) is 8.87. The molecule has 30 heavy (non-hydrogen) atoms. The van der Waals surface area contributed by atoms with Gasteiger partial charge < -0.3 is 14.2 Å². The zero-order valence-electron chi connectivity index (χ0n) is 17.5. The summed E-state index contributed by atoms with van der Waals surface area (Å²) < 4.78 is 41.9. The molecule has 0 aromatic heterocycles. The molecule has 1 amide bonds. The van der Waals surface area contributed by atoms with Crippen LogP contribution in [-0.4, -0.2) is 59.8 Å². The molecule has 0 spiro atoms. The van der Waals surface area contributed by atoms with Gasteiger partial charge in [0.05, 0.1) is 39.0 Å². The highest BCUT2D eigenvalue weighted by Gasteiger charge is 2.23. The second kappa shape index (κ2) is 10.1. The maximum Gasteiger partial charge on any atom is 0.255 e. The Morgan fingerprint density at radius 3 is 2.37 bits per heavy atom. The van der Waals surface area contributed by atoms with Crippen molar-refractivity contribution in [2.45, 2.75) is 11.8 Å². The summed E-state index contributed by atoms with van der Waals surface area (Å²) in [6, 6.07) is 9.63. The highest BCUT2D eigenvalue weighted by Crippen LogP contribution is 2.24. The van der Waals surface area contributed by atoms with Crippen molar-refractivity contribution in [1.29, 1.82) is 0 Å². The Balaban J connectivity index is 2.03. The van der Waals surface area contributed by atoms with E-state index in [1.165, 1.54) is 39.6 Å². The van der Waals surface area contributed by atoms with E-state index in [0.29, 0.717) is 28.4 Å². The van der Waals surface area contributed by atoms with Gasteiger partial charge in [0.1, 0.15) is 17.2 Å². The van der Waals surface area contributed by atoms with Crippen LogP contribution in [0.5, 0.6) is 17.2 Å². The van der Waals surface area contributed by atoms with Gasteiger partial charge in [0.15, 0.2) is 0 Å². The quantitative estimate of drug-likeness (QED) is 0.475. The largest absolute Gasteiger partial charge is 0.497 e. The van der Waals surface area contributed by atoms with E-state index in [-0.39, 0.29) is 4.90 Å². The number of aryl methyl sites for hydroxylation is 1. The number of nitrogens with zero attached hydrogens (tertiary/aromatic N) is 2. The van der Waals surface area contributed by atoms with Gasteiger partial charge in [-0.2, -0.15) is 9.41 Å². The van der Waals surface area contributed by atoms with Gasteiger partial charge in [-0.25, -0.2) is 13.8 Å². The zero-order chi connectivity index (χ0) is 22.3. The topological polar surface area (TPSA) is 107 Å². The average Bonchev–Trinajstić information content (AvgIpc) is 2.73. The van der Waals surface area contributed by atoms with Crippen molar-refractivity contribution < 1.29 is 27.4 Å². The number of amides is 1. The van der Waals surface area contributed by atoms with Crippen molar-refractivity contribution in [3.63, 3.8) is 0 Å². The summed E-state index contributed by atoms with van der Waals surface area (Å²) >= 11 is 0. The summed E-state index contributed by atoms with van der Waals surface area (Å²) in [7, 11) is 2.03. The van der Waals surface area contributed by atoms with Crippen LogP contribution in [0.3, 0.4) is 0 Å². The van der Waals surface area contributed by atoms with Crippen LogP contribution >= 0.6 is 0 Å². The monoisotopic (exact) mass is 435 g/mol. The lowest BCUT2D eigenvalue weighted by Crippen LogP contribution is -2.36. The van der Waals surface area contributed by atoms with E-state index in [4.69, 9.17) is 14.2 Å². The second-order valence-electron chi connectivity index (χ2n) is 6.29. The number of carbonyl (C=O) groups is 1. The van der Waals surface area contributed by atoms with E-state index in [9.17, 15) is 13.2 Å². The van der Waals surface area contributed by atoms with E-state index >= 15 is 0 Å². The Hall–Kier alpha value is -3.11. The van der Waals surface area contributed by atoms with Gasteiger partial charge in [-0.05, 0) is 42.8 Å². The third-order valence-corrected chi connectivity index (χ3v) is 6.07. The Morgan fingerprint density at radius 1 is 1.07 bits per heavy atom. The van der Waals surface area contributed by atoms with Gasteiger partial charge in [-0.1, -0.05) is 0 Å². The van der Waals surface area contributed by atoms with E-state index < -0.39 is 22.5 Å². The number of rotatable bonds is 9. The molecule has 0 radical (unpaired) electrons.